The molecular weight excluding hydrogens is 210 g/mol. The van der Waals surface area contributed by atoms with E-state index in [9.17, 15) is 0 Å². The third kappa shape index (κ3) is 3.40. The lowest BCUT2D eigenvalue weighted by Crippen LogP contribution is -2.37. The number of hydrogen-bond donors (Lipinski definition) is 1. The van der Waals surface area contributed by atoms with Gasteiger partial charge in [0.25, 0.3) is 0 Å². The highest BCUT2D eigenvalue weighted by atomic mass is 35.5. The van der Waals surface area contributed by atoms with Crippen molar-refractivity contribution < 1.29 is 4.74 Å². The zero-order valence-electron chi connectivity index (χ0n) is 9.03. The van der Waals surface area contributed by atoms with Gasteiger partial charge in [-0.3, -0.25) is 0 Å². The zero-order chi connectivity index (χ0) is 9.80. The summed E-state index contributed by atoms with van der Waals surface area (Å²) in [5.74, 6) is 1.03. The van der Waals surface area contributed by atoms with Gasteiger partial charge in [0.05, 0.1) is 0 Å². The molecule has 0 aliphatic carbocycles. The van der Waals surface area contributed by atoms with Gasteiger partial charge < -0.3 is 10.1 Å². The molecule has 0 saturated carbocycles. The first kappa shape index (κ1) is 12.3. The van der Waals surface area contributed by atoms with Crippen LogP contribution < -0.4 is 10.1 Å². The van der Waals surface area contributed by atoms with Crippen molar-refractivity contribution in [3.8, 4) is 5.75 Å². The van der Waals surface area contributed by atoms with Crippen molar-refractivity contribution in [2.24, 2.45) is 0 Å². The van der Waals surface area contributed by atoms with E-state index in [1.807, 2.05) is 18.2 Å². The van der Waals surface area contributed by atoms with Gasteiger partial charge in [-0.05, 0) is 37.9 Å². The van der Waals surface area contributed by atoms with Crippen LogP contribution in [0.15, 0.2) is 24.3 Å². The second-order valence-electron chi connectivity index (χ2n) is 3.85. The number of halogens is 1. The minimum absolute atomic E-state index is 0. The molecule has 0 aromatic heterocycles. The Kier molecular flexibility index (Phi) is 4.92. The van der Waals surface area contributed by atoms with Crippen molar-refractivity contribution in [2.45, 2.75) is 25.9 Å². The van der Waals surface area contributed by atoms with Gasteiger partial charge in [0, 0.05) is 6.54 Å². The van der Waals surface area contributed by atoms with Crippen LogP contribution in [-0.4, -0.2) is 19.2 Å². The summed E-state index contributed by atoms with van der Waals surface area (Å²) in [6, 6.07) is 8.20. The van der Waals surface area contributed by atoms with Crippen molar-refractivity contribution >= 4 is 12.4 Å². The molecule has 1 saturated heterocycles. The van der Waals surface area contributed by atoms with Crippen LogP contribution >= 0.6 is 12.4 Å². The molecule has 84 valence electrons. The van der Waals surface area contributed by atoms with Crippen LogP contribution in [0.25, 0.3) is 0 Å². The molecule has 1 atom stereocenters. The zero-order valence-corrected chi connectivity index (χ0v) is 9.85. The first-order chi connectivity index (χ1) is 6.86. The topological polar surface area (TPSA) is 21.3 Å². The Bertz CT molecular complexity index is 297. The van der Waals surface area contributed by atoms with Crippen LogP contribution in [-0.2, 0) is 0 Å². The Hall–Kier alpha value is -0.730. The normalized spacial score (nSPS) is 20.5. The van der Waals surface area contributed by atoms with Crippen LogP contribution in [0.4, 0.5) is 0 Å². The van der Waals surface area contributed by atoms with E-state index in [0.29, 0.717) is 6.10 Å². The molecule has 0 radical (unpaired) electrons. The number of aryl methyl sites for hydroxylation is 1. The van der Waals surface area contributed by atoms with E-state index in [1.54, 1.807) is 0 Å². The maximum absolute atomic E-state index is 5.92. The number of ether oxygens (including phenoxy) is 1. The van der Waals surface area contributed by atoms with Crippen LogP contribution in [0.2, 0.25) is 0 Å². The van der Waals surface area contributed by atoms with Crippen molar-refractivity contribution in [1.82, 2.24) is 5.32 Å². The van der Waals surface area contributed by atoms with E-state index < -0.39 is 0 Å². The molecule has 1 heterocycles. The largest absolute Gasteiger partial charge is 0.489 e. The summed E-state index contributed by atoms with van der Waals surface area (Å²) >= 11 is 0. The molecule has 0 amide bonds. The first-order valence-corrected chi connectivity index (χ1v) is 5.29. The van der Waals surface area contributed by atoms with Gasteiger partial charge in [-0.15, -0.1) is 12.4 Å². The molecule has 2 rings (SSSR count). The van der Waals surface area contributed by atoms with Gasteiger partial charge in [0.1, 0.15) is 11.9 Å². The van der Waals surface area contributed by atoms with Gasteiger partial charge in [-0.1, -0.05) is 18.2 Å². The van der Waals surface area contributed by atoms with Gasteiger partial charge in [0.15, 0.2) is 0 Å². The molecule has 15 heavy (non-hydrogen) atoms. The summed E-state index contributed by atoms with van der Waals surface area (Å²) in [6.07, 6.45) is 2.74. The fraction of sp³-hybridized carbons (Fsp3) is 0.500. The Morgan fingerprint density at radius 3 is 2.80 bits per heavy atom. The predicted octanol–water partition coefficient (Wildman–Crippen LogP) is 2.55. The molecule has 1 aromatic rings. The summed E-state index contributed by atoms with van der Waals surface area (Å²) in [7, 11) is 0. The fourth-order valence-electron chi connectivity index (χ4n) is 1.79. The van der Waals surface area contributed by atoms with Crippen molar-refractivity contribution in [3.05, 3.63) is 29.8 Å². The molecule has 0 bridgehead atoms. The van der Waals surface area contributed by atoms with Crippen molar-refractivity contribution in [2.75, 3.05) is 13.1 Å². The second-order valence-corrected chi connectivity index (χ2v) is 3.85. The van der Waals surface area contributed by atoms with Crippen molar-refractivity contribution in [1.29, 1.82) is 0 Å². The molecule has 1 fully saturated rings. The molecule has 1 N–H and O–H groups in total. The SMILES string of the molecule is Cc1ccccc1OC1CCCNC1.Cl. The molecule has 1 aromatic carbocycles. The lowest BCUT2D eigenvalue weighted by atomic mass is 10.1. The lowest BCUT2D eigenvalue weighted by molar-refractivity contribution is 0.166. The van der Waals surface area contributed by atoms with E-state index >= 15 is 0 Å². The summed E-state index contributed by atoms with van der Waals surface area (Å²) in [4.78, 5) is 0. The Morgan fingerprint density at radius 2 is 2.13 bits per heavy atom. The quantitative estimate of drug-likeness (QED) is 0.839. The number of hydrogen-bond acceptors (Lipinski definition) is 2. The van der Waals surface area contributed by atoms with E-state index in [4.69, 9.17) is 4.74 Å². The van der Waals surface area contributed by atoms with Crippen molar-refractivity contribution in [3.63, 3.8) is 0 Å². The fourth-order valence-corrected chi connectivity index (χ4v) is 1.79. The molecule has 1 aliphatic heterocycles. The van der Waals surface area contributed by atoms with Crippen LogP contribution in [0.5, 0.6) is 5.75 Å². The van der Waals surface area contributed by atoms with E-state index in [0.717, 1.165) is 18.8 Å². The maximum atomic E-state index is 5.92. The molecule has 1 aliphatic rings. The summed E-state index contributed by atoms with van der Waals surface area (Å²) < 4.78 is 5.92. The lowest BCUT2D eigenvalue weighted by Gasteiger charge is -2.24. The number of rotatable bonds is 2. The highest BCUT2D eigenvalue weighted by Gasteiger charge is 2.14. The molecule has 2 nitrogen and oxygen atoms in total. The Morgan fingerprint density at radius 1 is 1.33 bits per heavy atom. The highest BCUT2D eigenvalue weighted by Crippen LogP contribution is 2.19. The van der Waals surface area contributed by atoms with Gasteiger partial charge in [-0.25, -0.2) is 0 Å². The average Bonchev–Trinajstić information content (AvgIpc) is 2.23. The number of para-hydroxylation sites is 1. The Balaban J connectivity index is 0.00000112. The summed E-state index contributed by atoms with van der Waals surface area (Å²) in [6.45, 7) is 4.20. The molecule has 1 unspecified atom stereocenters. The standard InChI is InChI=1S/C12H17NO.ClH/c1-10-5-2-3-7-12(10)14-11-6-4-8-13-9-11;/h2-3,5,7,11,13H,4,6,8-9H2,1H3;1H. The highest BCUT2D eigenvalue weighted by molar-refractivity contribution is 5.85. The average molecular weight is 228 g/mol. The predicted molar refractivity (Wildman–Crippen MR) is 64.9 cm³/mol. The van der Waals surface area contributed by atoms with E-state index in [-0.39, 0.29) is 12.4 Å². The minimum atomic E-state index is 0. The van der Waals surface area contributed by atoms with E-state index in [2.05, 4.69) is 18.3 Å². The molecule has 3 heteroatoms. The van der Waals surface area contributed by atoms with Gasteiger partial charge in [-0.2, -0.15) is 0 Å². The van der Waals surface area contributed by atoms with Gasteiger partial charge in [0.2, 0.25) is 0 Å². The number of piperidine rings is 1. The second kappa shape index (κ2) is 5.99. The van der Waals surface area contributed by atoms with Gasteiger partial charge >= 0.3 is 0 Å². The third-order valence-corrected chi connectivity index (χ3v) is 2.64. The molecular formula is C12H18ClNO. The van der Waals surface area contributed by atoms with Crippen LogP contribution in [0.3, 0.4) is 0 Å². The number of nitrogens with one attached hydrogen (secondary N) is 1. The summed E-state index contributed by atoms with van der Waals surface area (Å²) in [5, 5.41) is 3.35. The molecule has 0 spiro atoms. The van der Waals surface area contributed by atoms with Crippen LogP contribution in [0.1, 0.15) is 18.4 Å². The smallest absolute Gasteiger partial charge is 0.122 e. The monoisotopic (exact) mass is 227 g/mol. The number of benzene rings is 1. The minimum Gasteiger partial charge on any atom is -0.489 e. The van der Waals surface area contributed by atoms with E-state index in [1.165, 1.54) is 18.4 Å². The first-order valence-electron chi connectivity index (χ1n) is 5.29. The Labute approximate surface area is 97.4 Å². The third-order valence-electron chi connectivity index (χ3n) is 2.64. The summed E-state index contributed by atoms with van der Waals surface area (Å²) in [5.41, 5.74) is 1.22. The van der Waals surface area contributed by atoms with Crippen LogP contribution in [0, 0.1) is 6.92 Å². The maximum Gasteiger partial charge on any atom is 0.122 e.